The van der Waals surface area contributed by atoms with Gasteiger partial charge in [-0.2, -0.15) is 0 Å². The van der Waals surface area contributed by atoms with E-state index in [1.165, 1.54) is 6.42 Å². The van der Waals surface area contributed by atoms with Crippen molar-refractivity contribution in [3.8, 4) is 0 Å². The maximum atomic E-state index is 12.8. The van der Waals surface area contributed by atoms with Crippen LogP contribution in [0.3, 0.4) is 0 Å². The number of fused-ring (bicyclic) bond motifs is 1. The van der Waals surface area contributed by atoms with Gasteiger partial charge >= 0.3 is 0 Å². The second-order valence-electron chi connectivity index (χ2n) is 7.37. The molecule has 1 saturated carbocycles. The molecule has 2 aromatic rings. The molecule has 4 rings (SSSR count). The number of rotatable bonds is 5. The van der Waals surface area contributed by atoms with Crippen LogP contribution >= 0.6 is 0 Å². The first-order chi connectivity index (χ1) is 12.7. The van der Waals surface area contributed by atoms with Crippen molar-refractivity contribution in [3.05, 3.63) is 36.8 Å². The van der Waals surface area contributed by atoms with Crippen molar-refractivity contribution in [2.24, 2.45) is 11.8 Å². The number of likely N-dealkylation sites (tertiary alicyclic amines) is 1. The van der Waals surface area contributed by atoms with Gasteiger partial charge in [0, 0.05) is 63.3 Å². The second-order valence-corrected chi connectivity index (χ2v) is 7.37. The standard InChI is InChI=1S/C19H26N6O/c1-3-17-22-8-9-24(17)13-19(26)25-11-14-4-5-16(15(14)12-25)23(2)18-10-20-6-7-21-18/h6-10,14-16H,3-5,11-13H2,1-2H3/t14-,15+,16+/m1/s1. The number of carbonyl (C=O) groups is 1. The summed E-state index contributed by atoms with van der Waals surface area (Å²) < 4.78 is 1.97. The van der Waals surface area contributed by atoms with Gasteiger partial charge in [-0.3, -0.25) is 9.78 Å². The van der Waals surface area contributed by atoms with E-state index in [-0.39, 0.29) is 5.91 Å². The van der Waals surface area contributed by atoms with Crippen molar-refractivity contribution < 1.29 is 4.79 Å². The van der Waals surface area contributed by atoms with Crippen LogP contribution in [0.15, 0.2) is 31.0 Å². The summed E-state index contributed by atoms with van der Waals surface area (Å²) in [6, 6.07) is 0.425. The van der Waals surface area contributed by atoms with Gasteiger partial charge in [-0.25, -0.2) is 9.97 Å². The van der Waals surface area contributed by atoms with Gasteiger partial charge in [-0.15, -0.1) is 0 Å². The molecule has 2 aromatic heterocycles. The van der Waals surface area contributed by atoms with E-state index in [0.717, 1.165) is 37.6 Å². The minimum absolute atomic E-state index is 0.202. The van der Waals surface area contributed by atoms with Crippen molar-refractivity contribution in [2.75, 3.05) is 25.0 Å². The van der Waals surface area contributed by atoms with Crippen LogP contribution in [0.5, 0.6) is 0 Å². The molecule has 7 nitrogen and oxygen atoms in total. The van der Waals surface area contributed by atoms with Crippen molar-refractivity contribution in [2.45, 2.75) is 38.8 Å². The summed E-state index contributed by atoms with van der Waals surface area (Å²) in [6.07, 6.45) is 12.1. The highest BCUT2D eigenvalue weighted by Gasteiger charge is 2.45. The van der Waals surface area contributed by atoms with Crippen LogP contribution in [0.1, 0.15) is 25.6 Å². The molecule has 0 bridgehead atoms. The fourth-order valence-electron chi connectivity index (χ4n) is 4.61. The molecule has 0 radical (unpaired) electrons. The van der Waals surface area contributed by atoms with Crippen LogP contribution in [0.2, 0.25) is 0 Å². The maximum absolute atomic E-state index is 12.8. The number of anilines is 1. The lowest BCUT2D eigenvalue weighted by Gasteiger charge is -2.30. The van der Waals surface area contributed by atoms with Crippen molar-refractivity contribution in [1.82, 2.24) is 24.4 Å². The van der Waals surface area contributed by atoms with E-state index >= 15 is 0 Å². The Balaban J connectivity index is 1.42. The zero-order valence-corrected chi connectivity index (χ0v) is 15.5. The summed E-state index contributed by atoms with van der Waals surface area (Å²) in [5, 5.41) is 0. The van der Waals surface area contributed by atoms with Gasteiger partial charge in [0.25, 0.3) is 0 Å². The molecule has 0 N–H and O–H groups in total. The Morgan fingerprint density at radius 1 is 1.23 bits per heavy atom. The minimum atomic E-state index is 0.202. The van der Waals surface area contributed by atoms with Gasteiger partial charge in [0.05, 0.1) is 6.20 Å². The molecule has 1 aliphatic carbocycles. The third kappa shape index (κ3) is 3.06. The van der Waals surface area contributed by atoms with Gasteiger partial charge in [-0.05, 0) is 18.8 Å². The molecule has 1 saturated heterocycles. The maximum Gasteiger partial charge on any atom is 0.242 e. The lowest BCUT2D eigenvalue weighted by Crippen LogP contribution is -2.39. The first-order valence-electron chi connectivity index (χ1n) is 9.44. The number of aromatic nitrogens is 4. The van der Waals surface area contributed by atoms with Crippen LogP contribution in [0.4, 0.5) is 5.82 Å². The highest BCUT2D eigenvalue weighted by molar-refractivity contribution is 5.76. The summed E-state index contributed by atoms with van der Waals surface area (Å²) >= 11 is 0. The van der Waals surface area contributed by atoms with Crippen LogP contribution in [0, 0.1) is 11.8 Å². The lowest BCUT2D eigenvalue weighted by atomic mass is 9.97. The second kappa shape index (κ2) is 7.05. The summed E-state index contributed by atoms with van der Waals surface area (Å²) in [4.78, 5) is 30.0. The van der Waals surface area contributed by atoms with E-state index in [1.54, 1.807) is 18.6 Å². The van der Waals surface area contributed by atoms with Crippen LogP contribution < -0.4 is 4.90 Å². The Kier molecular flexibility index (Phi) is 4.61. The number of hydrogen-bond donors (Lipinski definition) is 0. The Morgan fingerprint density at radius 3 is 2.88 bits per heavy atom. The number of carbonyl (C=O) groups excluding carboxylic acids is 1. The molecule has 1 amide bonds. The zero-order valence-electron chi connectivity index (χ0n) is 15.5. The third-order valence-corrected chi connectivity index (χ3v) is 6.00. The number of aryl methyl sites for hydroxylation is 1. The highest BCUT2D eigenvalue weighted by Crippen LogP contribution is 2.41. The Bertz CT molecular complexity index is 760. The summed E-state index contributed by atoms with van der Waals surface area (Å²) in [7, 11) is 2.10. The third-order valence-electron chi connectivity index (χ3n) is 6.00. The van der Waals surface area contributed by atoms with Gasteiger partial charge in [0.15, 0.2) is 0 Å². The molecule has 7 heteroatoms. The molecule has 3 atom stereocenters. The molecule has 3 heterocycles. The smallest absolute Gasteiger partial charge is 0.242 e. The summed E-state index contributed by atoms with van der Waals surface area (Å²) in [5.74, 6) is 3.19. The van der Waals surface area contributed by atoms with Crippen LogP contribution in [0.25, 0.3) is 0 Å². The lowest BCUT2D eigenvalue weighted by molar-refractivity contribution is -0.131. The summed E-state index contributed by atoms with van der Waals surface area (Å²) in [5.41, 5.74) is 0. The van der Waals surface area contributed by atoms with Crippen LogP contribution in [-0.4, -0.2) is 56.5 Å². The monoisotopic (exact) mass is 354 g/mol. The van der Waals surface area contributed by atoms with E-state index in [0.29, 0.717) is 24.4 Å². The Hall–Kier alpha value is -2.44. The molecular formula is C19H26N6O. The molecule has 1 aliphatic heterocycles. The Morgan fingerprint density at radius 2 is 2.12 bits per heavy atom. The van der Waals surface area contributed by atoms with Crippen molar-refractivity contribution >= 4 is 11.7 Å². The normalized spacial score (nSPS) is 24.7. The molecule has 0 spiro atoms. The number of imidazole rings is 1. The zero-order chi connectivity index (χ0) is 18.1. The first kappa shape index (κ1) is 17.0. The van der Waals surface area contributed by atoms with Crippen molar-refractivity contribution in [3.63, 3.8) is 0 Å². The number of nitrogens with zero attached hydrogens (tertiary/aromatic N) is 6. The Labute approximate surface area is 154 Å². The van der Waals surface area contributed by atoms with Gasteiger partial charge in [0.2, 0.25) is 5.91 Å². The molecular weight excluding hydrogens is 328 g/mol. The van der Waals surface area contributed by atoms with E-state index < -0.39 is 0 Å². The molecule has 0 unspecified atom stereocenters. The van der Waals surface area contributed by atoms with Gasteiger partial charge < -0.3 is 14.4 Å². The van der Waals surface area contributed by atoms with E-state index in [4.69, 9.17) is 0 Å². The molecule has 26 heavy (non-hydrogen) atoms. The fourth-order valence-corrected chi connectivity index (χ4v) is 4.61. The van der Waals surface area contributed by atoms with Gasteiger partial charge in [-0.1, -0.05) is 6.92 Å². The largest absolute Gasteiger partial charge is 0.355 e. The molecule has 138 valence electrons. The van der Waals surface area contributed by atoms with E-state index in [2.05, 4.69) is 33.8 Å². The van der Waals surface area contributed by atoms with Gasteiger partial charge in [0.1, 0.15) is 18.2 Å². The average molecular weight is 354 g/mol. The summed E-state index contributed by atoms with van der Waals surface area (Å²) in [6.45, 7) is 4.18. The fraction of sp³-hybridized carbons (Fsp3) is 0.579. The predicted molar refractivity (Wildman–Crippen MR) is 98.6 cm³/mol. The SMILES string of the molecule is CCc1nccn1CC(=O)N1C[C@H]2CC[C@H](N(C)c3cnccn3)[C@H]2C1. The average Bonchev–Trinajstić information content (AvgIpc) is 3.37. The van der Waals surface area contributed by atoms with Crippen molar-refractivity contribution in [1.29, 1.82) is 0 Å². The van der Waals surface area contributed by atoms with E-state index in [1.807, 2.05) is 21.9 Å². The predicted octanol–water partition coefficient (Wildman–Crippen LogP) is 1.61. The molecule has 2 fully saturated rings. The topological polar surface area (TPSA) is 67.2 Å². The van der Waals surface area contributed by atoms with Crippen LogP contribution in [-0.2, 0) is 17.8 Å². The van der Waals surface area contributed by atoms with E-state index in [9.17, 15) is 4.79 Å². The minimum Gasteiger partial charge on any atom is -0.355 e. The molecule has 0 aromatic carbocycles. The quantitative estimate of drug-likeness (QED) is 0.816. The molecule has 2 aliphatic rings. The highest BCUT2D eigenvalue weighted by atomic mass is 16.2. The first-order valence-corrected chi connectivity index (χ1v) is 9.44. The number of hydrogen-bond acceptors (Lipinski definition) is 5. The number of amides is 1.